The SMILES string of the molecule is CC(C)Nc1nc(NCC2CCC(CC3(S(N)(=O)=O)CC=Cc4ccccc43)CC2)nc(N2CCCC2)n1. The summed E-state index contributed by atoms with van der Waals surface area (Å²) in [7, 11) is -3.78. The van der Waals surface area contributed by atoms with Crippen LogP contribution in [0.25, 0.3) is 6.08 Å². The first-order valence-electron chi connectivity index (χ1n) is 14.0. The minimum absolute atomic E-state index is 0.235. The quantitative estimate of drug-likeness (QED) is 0.425. The number of allylic oxidation sites excluding steroid dienone is 1. The van der Waals surface area contributed by atoms with E-state index < -0.39 is 14.8 Å². The van der Waals surface area contributed by atoms with E-state index in [0.29, 0.717) is 36.6 Å². The molecule has 2 aliphatic carbocycles. The molecular weight excluding hydrogens is 498 g/mol. The molecule has 1 saturated heterocycles. The third kappa shape index (κ3) is 5.81. The van der Waals surface area contributed by atoms with E-state index in [1.807, 2.05) is 36.4 Å². The molecule has 1 unspecified atom stereocenters. The fraction of sp³-hybridized carbons (Fsp3) is 0.607. The predicted molar refractivity (Wildman–Crippen MR) is 153 cm³/mol. The molecule has 3 aliphatic rings. The van der Waals surface area contributed by atoms with Crippen molar-refractivity contribution in [1.82, 2.24) is 15.0 Å². The number of fused-ring (bicyclic) bond motifs is 1. The van der Waals surface area contributed by atoms with Crippen LogP contribution in [0.3, 0.4) is 0 Å². The zero-order valence-corrected chi connectivity index (χ0v) is 23.4. The van der Waals surface area contributed by atoms with Crippen molar-refractivity contribution in [3.63, 3.8) is 0 Å². The molecule has 9 nitrogen and oxygen atoms in total. The Labute approximate surface area is 226 Å². The van der Waals surface area contributed by atoms with Crippen molar-refractivity contribution < 1.29 is 8.42 Å². The van der Waals surface area contributed by atoms with Crippen molar-refractivity contribution in [2.24, 2.45) is 17.0 Å². The summed E-state index contributed by atoms with van der Waals surface area (Å²) in [4.78, 5) is 16.2. The van der Waals surface area contributed by atoms with E-state index in [1.165, 1.54) is 12.8 Å². The van der Waals surface area contributed by atoms with Crippen molar-refractivity contribution in [2.45, 2.75) is 76.0 Å². The smallest absolute Gasteiger partial charge is 0.231 e. The number of nitrogens with two attached hydrogens (primary N) is 1. The van der Waals surface area contributed by atoms with Gasteiger partial charge in [-0.3, -0.25) is 0 Å². The van der Waals surface area contributed by atoms with Gasteiger partial charge in [-0.2, -0.15) is 15.0 Å². The predicted octanol–water partition coefficient (Wildman–Crippen LogP) is 4.50. The number of aromatic nitrogens is 3. The van der Waals surface area contributed by atoms with Crippen molar-refractivity contribution in [3.8, 4) is 0 Å². The van der Waals surface area contributed by atoms with Gasteiger partial charge in [0, 0.05) is 25.7 Å². The number of benzene rings is 1. The summed E-state index contributed by atoms with van der Waals surface area (Å²) in [6, 6.07) is 8.01. The molecule has 38 heavy (non-hydrogen) atoms. The first-order chi connectivity index (χ1) is 18.2. The average Bonchev–Trinajstić information content (AvgIpc) is 3.43. The lowest BCUT2D eigenvalue weighted by molar-refractivity contribution is 0.248. The first-order valence-corrected chi connectivity index (χ1v) is 15.6. The molecule has 0 radical (unpaired) electrons. The van der Waals surface area contributed by atoms with Crippen LogP contribution in [0.1, 0.15) is 76.3 Å². The summed E-state index contributed by atoms with van der Waals surface area (Å²) < 4.78 is 24.9. The monoisotopic (exact) mass is 539 g/mol. The van der Waals surface area contributed by atoms with Crippen molar-refractivity contribution in [3.05, 3.63) is 41.5 Å². The van der Waals surface area contributed by atoms with Gasteiger partial charge in [-0.25, -0.2) is 13.6 Å². The fourth-order valence-electron chi connectivity index (χ4n) is 6.29. The number of hydrogen-bond donors (Lipinski definition) is 3. The van der Waals surface area contributed by atoms with E-state index in [0.717, 1.165) is 62.4 Å². The van der Waals surface area contributed by atoms with Crippen LogP contribution in [0.15, 0.2) is 30.3 Å². The van der Waals surface area contributed by atoms with Crippen LogP contribution in [-0.4, -0.2) is 49.0 Å². The normalized spacial score (nSPS) is 25.4. The molecule has 1 aliphatic heterocycles. The van der Waals surface area contributed by atoms with Crippen LogP contribution < -0.4 is 20.7 Å². The van der Waals surface area contributed by atoms with E-state index in [-0.39, 0.29) is 6.04 Å². The van der Waals surface area contributed by atoms with Gasteiger partial charge in [-0.05, 0) is 75.3 Å². The molecular formula is C28H41N7O2S. The second-order valence-corrected chi connectivity index (χ2v) is 13.4. The third-order valence-corrected chi connectivity index (χ3v) is 9.95. The van der Waals surface area contributed by atoms with Gasteiger partial charge in [0.05, 0.1) is 0 Å². The molecule has 0 bridgehead atoms. The Morgan fingerprint density at radius 2 is 1.71 bits per heavy atom. The Morgan fingerprint density at radius 3 is 2.42 bits per heavy atom. The van der Waals surface area contributed by atoms with E-state index in [2.05, 4.69) is 39.3 Å². The zero-order valence-electron chi connectivity index (χ0n) is 22.6. The van der Waals surface area contributed by atoms with Crippen LogP contribution in [-0.2, 0) is 14.8 Å². The second kappa shape index (κ2) is 11.2. The lowest BCUT2D eigenvalue weighted by Gasteiger charge is -2.39. The molecule has 1 atom stereocenters. The number of primary sulfonamides is 1. The molecule has 2 fully saturated rings. The molecule has 1 aromatic heterocycles. The highest BCUT2D eigenvalue weighted by Crippen LogP contribution is 2.46. The summed E-state index contributed by atoms with van der Waals surface area (Å²) in [6.07, 6.45) is 11.4. The van der Waals surface area contributed by atoms with Crippen molar-refractivity contribution in [1.29, 1.82) is 0 Å². The highest BCUT2D eigenvalue weighted by atomic mass is 32.2. The summed E-state index contributed by atoms with van der Waals surface area (Å²) in [5.41, 5.74) is 1.81. The lowest BCUT2D eigenvalue weighted by Crippen LogP contribution is -2.44. The molecule has 0 spiro atoms. The molecule has 206 valence electrons. The number of rotatable bonds is 9. The zero-order chi connectivity index (χ0) is 26.8. The van der Waals surface area contributed by atoms with Gasteiger partial charge >= 0.3 is 0 Å². The summed E-state index contributed by atoms with van der Waals surface area (Å²) >= 11 is 0. The van der Waals surface area contributed by atoms with Crippen LogP contribution in [0.2, 0.25) is 0 Å². The molecule has 0 amide bonds. The molecule has 1 saturated carbocycles. The Kier molecular flexibility index (Phi) is 7.90. The number of hydrogen-bond acceptors (Lipinski definition) is 8. The first kappa shape index (κ1) is 26.9. The molecule has 4 N–H and O–H groups in total. The van der Waals surface area contributed by atoms with Gasteiger partial charge in [0.25, 0.3) is 0 Å². The lowest BCUT2D eigenvalue weighted by atomic mass is 9.74. The Morgan fingerprint density at radius 1 is 1.03 bits per heavy atom. The highest BCUT2D eigenvalue weighted by Gasteiger charge is 2.46. The molecule has 1 aromatic carbocycles. The maximum atomic E-state index is 13.0. The van der Waals surface area contributed by atoms with Crippen molar-refractivity contribution in [2.75, 3.05) is 35.2 Å². The third-order valence-electron chi connectivity index (χ3n) is 8.31. The second-order valence-electron chi connectivity index (χ2n) is 11.5. The number of anilines is 3. The minimum Gasteiger partial charge on any atom is -0.354 e. The Bertz CT molecular complexity index is 1250. The van der Waals surface area contributed by atoms with Crippen molar-refractivity contribution >= 4 is 33.9 Å². The van der Waals surface area contributed by atoms with E-state index in [4.69, 9.17) is 10.1 Å². The number of nitrogens with zero attached hydrogens (tertiary/aromatic N) is 4. The molecule has 5 rings (SSSR count). The van der Waals surface area contributed by atoms with E-state index >= 15 is 0 Å². The largest absolute Gasteiger partial charge is 0.354 e. The van der Waals surface area contributed by atoms with E-state index in [1.54, 1.807) is 0 Å². The molecule has 2 heterocycles. The van der Waals surface area contributed by atoms with Crippen LogP contribution in [0.4, 0.5) is 17.8 Å². The molecule has 2 aromatic rings. The summed E-state index contributed by atoms with van der Waals surface area (Å²) in [5, 5.41) is 12.7. The summed E-state index contributed by atoms with van der Waals surface area (Å²) in [6.45, 7) is 6.91. The van der Waals surface area contributed by atoms with Gasteiger partial charge in [-0.1, -0.05) is 49.3 Å². The van der Waals surface area contributed by atoms with Gasteiger partial charge in [-0.15, -0.1) is 0 Å². The van der Waals surface area contributed by atoms with Gasteiger partial charge in [0.2, 0.25) is 27.9 Å². The Hall–Kier alpha value is -2.72. The minimum atomic E-state index is -3.78. The average molecular weight is 540 g/mol. The number of nitrogens with one attached hydrogen (secondary N) is 2. The Balaban J connectivity index is 1.22. The molecule has 10 heteroatoms. The standard InChI is InChI=1S/C28H41N7O2S/c1-20(2)31-26-32-25(33-27(34-26)35-16-5-6-17-35)30-19-22-13-11-21(12-14-22)18-28(38(29,36)37)15-7-9-23-8-3-4-10-24(23)28/h3-4,7-10,20-22H,5-6,11-19H2,1-2H3,(H2,29,36,37)(H2,30,31,32,33,34). The fourth-order valence-corrected chi connectivity index (χ4v) is 7.58. The van der Waals surface area contributed by atoms with Crippen LogP contribution in [0, 0.1) is 11.8 Å². The van der Waals surface area contributed by atoms with E-state index in [9.17, 15) is 8.42 Å². The topological polar surface area (TPSA) is 126 Å². The van der Waals surface area contributed by atoms with Crippen LogP contribution >= 0.6 is 0 Å². The van der Waals surface area contributed by atoms with Gasteiger partial charge in [0.15, 0.2) is 0 Å². The number of sulfonamides is 1. The van der Waals surface area contributed by atoms with Crippen LogP contribution in [0.5, 0.6) is 0 Å². The maximum absolute atomic E-state index is 13.0. The summed E-state index contributed by atoms with van der Waals surface area (Å²) in [5.74, 6) is 2.78. The van der Waals surface area contributed by atoms with Gasteiger partial charge < -0.3 is 15.5 Å². The highest BCUT2D eigenvalue weighted by molar-refractivity contribution is 7.90. The maximum Gasteiger partial charge on any atom is 0.231 e. The van der Waals surface area contributed by atoms with Gasteiger partial charge in [0.1, 0.15) is 4.75 Å².